The van der Waals surface area contributed by atoms with Crippen LogP contribution in [0.3, 0.4) is 0 Å². The quantitative estimate of drug-likeness (QED) is 0.692. The Morgan fingerprint density at radius 1 is 1.05 bits per heavy atom. The van der Waals surface area contributed by atoms with Crippen molar-refractivity contribution in [2.45, 2.75) is 6.42 Å². The molecule has 0 aliphatic heterocycles. The highest BCUT2D eigenvalue weighted by molar-refractivity contribution is 5.40. The third kappa shape index (κ3) is 4.89. The molecule has 1 aromatic carbocycles. The van der Waals surface area contributed by atoms with Crippen molar-refractivity contribution < 1.29 is 9.47 Å². The van der Waals surface area contributed by atoms with E-state index in [-0.39, 0.29) is 0 Å². The fourth-order valence-corrected chi connectivity index (χ4v) is 2.04. The fraction of sp³-hybridized carbons (Fsp3) is 0.375. The van der Waals surface area contributed by atoms with E-state index in [4.69, 9.17) is 9.47 Å². The highest BCUT2D eigenvalue weighted by Crippen LogP contribution is 2.17. The number of anilines is 2. The van der Waals surface area contributed by atoms with E-state index in [1.165, 1.54) is 0 Å². The summed E-state index contributed by atoms with van der Waals surface area (Å²) in [6, 6.07) is 9.83. The molecule has 0 saturated carbocycles. The van der Waals surface area contributed by atoms with Gasteiger partial charge in [0.05, 0.1) is 13.7 Å². The molecular formula is C16H22N4O2. The van der Waals surface area contributed by atoms with E-state index in [2.05, 4.69) is 26.7 Å². The lowest BCUT2D eigenvalue weighted by atomic mass is 10.1. The van der Waals surface area contributed by atoms with Crippen LogP contribution in [0, 0.1) is 0 Å². The molecule has 6 heteroatoms. The van der Waals surface area contributed by atoms with Gasteiger partial charge >= 0.3 is 0 Å². The van der Waals surface area contributed by atoms with Crippen LogP contribution in [0.15, 0.2) is 36.5 Å². The summed E-state index contributed by atoms with van der Waals surface area (Å²) in [7, 11) is 3.36. The molecule has 2 rings (SSSR count). The van der Waals surface area contributed by atoms with Gasteiger partial charge in [0, 0.05) is 26.4 Å². The van der Waals surface area contributed by atoms with Crippen molar-refractivity contribution in [3.63, 3.8) is 0 Å². The minimum atomic E-state index is 0.609. The van der Waals surface area contributed by atoms with Crippen molar-refractivity contribution in [2.75, 3.05) is 44.5 Å². The summed E-state index contributed by atoms with van der Waals surface area (Å²) in [5, 5.41) is 6.40. The SMILES string of the molecule is COCCNc1ccnc(NCCc2ccccc2OC)n1. The molecule has 0 unspecified atom stereocenters. The molecule has 2 aromatic rings. The van der Waals surface area contributed by atoms with Gasteiger partial charge < -0.3 is 20.1 Å². The number of aromatic nitrogens is 2. The monoisotopic (exact) mass is 302 g/mol. The second kappa shape index (κ2) is 8.84. The molecule has 0 saturated heterocycles. The molecule has 0 fully saturated rings. The average Bonchev–Trinajstić information content (AvgIpc) is 2.56. The summed E-state index contributed by atoms with van der Waals surface area (Å²) in [5.41, 5.74) is 1.16. The van der Waals surface area contributed by atoms with Crippen molar-refractivity contribution >= 4 is 11.8 Å². The minimum absolute atomic E-state index is 0.609. The predicted molar refractivity (Wildman–Crippen MR) is 87.6 cm³/mol. The molecule has 0 amide bonds. The molecule has 22 heavy (non-hydrogen) atoms. The second-order valence-electron chi connectivity index (χ2n) is 4.67. The number of benzene rings is 1. The molecule has 0 aliphatic carbocycles. The van der Waals surface area contributed by atoms with E-state index in [0.717, 1.165) is 30.1 Å². The number of nitrogens with zero attached hydrogens (tertiary/aromatic N) is 2. The highest BCUT2D eigenvalue weighted by atomic mass is 16.5. The molecule has 118 valence electrons. The van der Waals surface area contributed by atoms with Gasteiger partial charge in [-0.15, -0.1) is 0 Å². The van der Waals surface area contributed by atoms with E-state index in [1.54, 1.807) is 20.4 Å². The van der Waals surface area contributed by atoms with Crippen molar-refractivity contribution in [1.82, 2.24) is 9.97 Å². The Morgan fingerprint density at radius 2 is 1.91 bits per heavy atom. The first-order chi connectivity index (χ1) is 10.8. The zero-order valence-corrected chi connectivity index (χ0v) is 13.0. The van der Waals surface area contributed by atoms with Crippen LogP contribution in [-0.2, 0) is 11.2 Å². The van der Waals surface area contributed by atoms with Crippen LogP contribution in [0.2, 0.25) is 0 Å². The molecule has 0 spiro atoms. The van der Waals surface area contributed by atoms with Gasteiger partial charge in [0.1, 0.15) is 11.6 Å². The first-order valence-corrected chi connectivity index (χ1v) is 7.25. The maximum Gasteiger partial charge on any atom is 0.224 e. The van der Waals surface area contributed by atoms with Gasteiger partial charge in [-0.1, -0.05) is 18.2 Å². The number of hydrogen-bond donors (Lipinski definition) is 2. The van der Waals surface area contributed by atoms with Crippen LogP contribution in [0.4, 0.5) is 11.8 Å². The van der Waals surface area contributed by atoms with Crippen LogP contribution in [-0.4, -0.2) is 43.9 Å². The Balaban J connectivity index is 1.85. The standard InChI is InChI=1S/C16H22N4O2/c1-21-12-11-17-15-8-10-19-16(20-15)18-9-7-13-5-3-4-6-14(13)22-2/h3-6,8,10H,7,9,11-12H2,1-2H3,(H2,17,18,19,20). The Hall–Kier alpha value is -2.34. The summed E-state index contributed by atoms with van der Waals surface area (Å²) in [4.78, 5) is 8.61. The maximum atomic E-state index is 5.34. The van der Waals surface area contributed by atoms with Crippen molar-refractivity contribution in [3.05, 3.63) is 42.1 Å². The molecule has 0 radical (unpaired) electrons. The minimum Gasteiger partial charge on any atom is -0.496 e. The first-order valence-electron chi connectivity index (χ1n) is 7.25. The lowest BCUT2D eigenvalue weighted by Gasteiger charge is -2.10. The van der Waals surface area contributed by atoms with Crippen molar-refractivity contribution in [1.29, 1.82) is 0 Å². The first kappa shape index (κ1) is 16.0. The molecule has 0 aliphatic rings. The molecule has 6 nitrogen and oxygen atoms in total. The van der Waals surface area contributed by atoms with Crippen LogP contribution >= 0.6 is 0 Å². The predicted octanol–water partition coefficient (Wildman–Crippen LogP) is 2.20. The van der Waals surface area contributed by atoms with Gasteiger partial charge in [-0.2, -0.15) is 4.98 Å². The molecule has 1 heterocycles. The summed E-state index contributed by atoms with van der Waals surface area (Å²) in [6.07, 6.45) is 2.57. The zero-order chi connectivity index (χ0) is 15.6. The summed E-state index contributed by atoms with van der Waals surface area (Å²) in [5.74, 6) is 2.30. The third-order valence-corrected chi connectivity index (χ3v) is 3.14. The maximum absolute atomic E-state index is 5.34. The Labute approximate surface area is 130 Å². The topological polar surface area (TPSA) is 68.3 Å². The summed E-state index contributed by atoms with van der Waals surface area (Å²) >= 11 is 0. The molecule has 0 bridgehead atoms. The third-order valence-electron chi connectivity index (χ3n) is 3.14. The van der Waals surface area contributed by atoms with Gasteiger partial charge in [0.15, 0.2) is 0 Å². The molecule has 2 N–H and O–H groups in total. The van der Waals surface area contributed by atoms with E-state index >= 15 is 0 Å². The smallest absolute Gasteiger partial charge is 0.224 e. The van der Waals surface area contributed by atoms with Gasteiger partial charge in [0.25, 0.3) is 0 Å². The fourth-order valence-electron chi connectivity index (χ4n) is 2.04. The number of hydrogen-bond acceptors (Lipinski definition) is 6. The van der Waals surface area contributed by atoms with E-state index < -0.39 is 0 Å². The molecule has 1 aromatic heterocycles. The van der Waals surface area contributed by atoms with Crippen LogP contribution in [0.25, 0.3) is 0 Å². The van der Waals surface area contributed by atoms with E-state index in [0.29, 0.717) is 19.1 Å². The largest absolute Gasteiger partial charge is 0.496 e. The Bertz CT molecular complexity index is 578. The van der Waals surface area contributed by atoms with Gasteiger partial charge in [-0.3, -0.25) is 0 Å². The molecular weight excluding hydrogens is 280 g/mol. The summed E-state index contributed by atoms with van der Waals surface area (Å²) < 4.78 is 10.3. The highest BCUT2D eigenvalue weighted by Gasteiger charge is 2.02. The Kier molecular flexibility index (Phi) is 6.44. The van der Waals surface area contributed by atoms with Gasteiger partial charge in [-0.25, -0.2) is 4.98 Å². The lowest BCUT2D eigenvalue weighted by Crippen LogP contribution is -2.12. The lowest BCUT2D eigenvalue weighted by molar-refractivity contribution is 0.210. The van der Waals surface area contributed by atoms with Crippen LogP contribution in [0.5, 0.6) is 5.75 Å². The van der Waals surface area contributed by atoms with Gasteiger partial charge in [0.2, 0.25) is 5.95 Å². The normalized spacial score (nSPS) is 10.3. The zero-order valence-electron chi connectivity index (χ0n) is 13.0. The van der Waals surface area contributed by atoms with Crippen molar-refractivity contribution in [2.24, 2.45) is 0 Å². The van der Waals surface area contributed by atoms with Gasteiger partial charge in [-0.05, 0) is 24.1 Å². The van der Waals surface area contributed by atoms with Crippen molar-refractivity contribution in [3.8, 4) is 5.75 Å². The number of para-hydroxylation sites is 1. The number of methoxy groups -OCH3 is 2. The van der Waals surface area contributed by atoms with Crippen LogP contribution in [0.1, 0.15) is 5.56 Å². The Morgan fingerprint density at radius 3 is 2.73 bits per heavy atom. The number of rotatable bonds is 9. The second-order valence-corrected chi connectivity index (χ2v) is 4.67. The average molecular weight is 302 g/mol. The molecule has 0 atom stereocenters. The number of nitrogens with one attached hydrogen (secondary N) is 2. The van der Waals surface area contributed by atoms with E-state index in [1.807, 2.05) is 24.3 Å². The van der Waals surface area contributed by atoms with Crippen LogP contribution < -0.4 is 15.4 Å². The summed E-state index contributed by atoms with van der Waals surface area (Å²) in [6.45, 7) is 2.09. The number of ether oxygens (including phenoxy) is 2. The van der Waals surface area contributed by atoms with E-state index in [9.17, 15) is 0 Å².